The first kappa shape index (κ1) is 20.8. The summed E-state index contributed by atoms with van der Waals surface area (Å²) >= 11 is 0. The lowest BCUT2D eigenvalue weighted by molar-refractivity contribution is 0.227. The molecule has 4 nitrogen and oxygen atoms in total. The molecular formula is C20H36N2O2. The van der Waals surface area contributed by atoms with Gasteiger partial charge in [0.2, 0.25) is 0 Å². The zero-order valence-electron chi connectivity index (χ0n) is 16.6. The van der Waals surface area contributed by atoms with Crippen molar-refractivity contribution < 1.29 is 9.47 Å². The van der Waals surface area contributed by atoms with E-state index in [2.05, 4.69) is 62.9 Å². The van der Waals surface area contributed by atoms with Gasteiger partial charge in [0.1, 0.15) is 13.2 Å². The van der Waals surface area contributed by atoms with Crippen molar-refractivity contribution in [2.24, 2.45) is 11.8 Å². The SMILES string of the molecule is CC(C)[C@H](C)Cc1ccc(OCCN(C)C)c(OCCN(C)C)c1. The van der Waals surface area contributed by atoms with E-state index >= 15 is 0 Å². The lowest BCUT2D eigenvalue weighted by Crippen LogP contribution is -2.21. The van der Waals surface area contributed by atoms with E-state index in [0.29, 0.717) is 25.0 Å². The minimum Gasteiger partial charge on any atom is -0.488 e. The monoisotopic (exact) mass is 336 g/mol. The molecule has 0 aromatic heterocycles. The number of hydrogen-bond donors (Lipinski definition) is 0. The quantitative estimate of drug-likeness (QED) is 0.618. The van der Waals surface area contributed by atoms with Gasteiger partial charge in [-0.05, 0) is 64.1 Å². The fraction of sp³-hybridized carbons (Fsp3) is 0.700. The standard InChI is InChI=1S/C20H36N2O2/c1-16(2)17(3)14-18-8-9-19(23-12-10-21(4)5)20(15-18)24-13-11-22(6)7/h8-9,15-17H,10-14H2,1-7H3/t17-/m1/s1. The van der Waals surface area contributed by atoms with Crippen LogP contribution in [0.25, 0.3) is 0 Å². The largest absolute Gasteiger partial charge is 0.488 e. The van der Waals surface area contributed by atoms with Gasteiger partial charge < -0.3 is 19.3 Å². The normalized spacial score (nSPS) is 12.9. The van der Waals surface area contributed by atoms with E-state index in [4.69, 9.17) is 9.47 Å². The Morgan fingerprint density at radius 1 is 0.833 bits per heavy atom. The minimum atomic E-state index is 0.653. The van der Waals surface area contributed by atoms with Crippen LogP contribution in [-0.2, 0) is 6.42 Å². The predicted octanol–water partition coefficient (Wildman–Crippen LogP) is 3.40. The second-order valence-corrected chi connectivity index (χ2v) is 7.51. The molecule has 1 aromatic carbocycles. The molecule has 0 heterocycles. The minimum absolute atomic E-state index is 0.653. The average molecular weight is 337 g/mol. The lowest BCUT2D eigenvalue weighted by Gasteiger charge is -2.19. The third-order valence-corrected chi connectivity index (χ3v) is 4.30. The molecule has 0 aliphatic rings. The molecule has 0 spiro atoms. The van der Waals surface area contributed by atoms with Crippen molar-refractivity contribution in [2.75, 3.05) is 54.5 Å². The summed E-state index contributed by atoms with van der Waals surface area (Å²) in [7, 11) is 8.21. The average Bonchev–Trinajstić information content (AvgIpc) is 2.48. The van der Waals surface area contributed by atoms with E-state index < -0.39 is 0 Å². The molecule has 1 aromatic rings. The highest BCUT2D eigenvalue weighted by molar-refractivity contribution is 5.43. The van der Waals surface area contributed by atoms with Crippen LogP contribution >= 0.6 is 0 Å². The number of hydrogen-bond acceptors (Lipinski definition) is 4. The van der Waals surface area contributed by atoms with Gasteiger partial charge in [-0.3, -0.25) is 0 Å². The molecule has 0 radical (unpaired) electrons. The maximum atomic E-state index is 6.01. The van der Waals surface area contributed by atoms with Crippen LogP contribution in [0.5, 0.6) is 11.5 Å². The van der Waals surface area contributed by atoms with Crippen LogP contribution < -0.4 is 9.47 Å². The fourth-order valence-electron chi connectivity index (χ4n) is 2.20. The van der Waals surface area contributed by atoms with E-state index in [1.807, 2.05) is 14.1 Å². The summed E-state index contributed by atoms with van der Waals surface area (Å²) in [6.45, 7) is 9.97. The zero-order valence-corrected chi connectivity index (χ0v) is 16.6. The van der Waals surface area contributed by atoms with Gasteiger partial charge >= 0.3 is 0 Å². The van der Waals surface area contributed by atoms with Gasteiger partial charge in [0.25, 0.3) is 0 Å². The van der Waals surface area contributed by atoms with E-state index in [1.54, 1.807) is 0 Å². The first-order valence-corrected chi connectivity index (χ1v) is 8.97. The molecule has 0 bridgehead atoms. The Labute approximate surface area is 148 Å². The highest BCUT2D eigenvalue weighted by atomic mass is 16.5. The summed E-state index contributed by atoms with van der Waals surface area (Å²) < 4.78 is 11.9. The van der Waals surface area contributed by atoms with Gasteiger partial charge in [-0.2, -0.15) is 0 Å². The van der Waals surface area contributed by atoms with Gasteiger partial charge in [0.15, 0.2) is 11.5 Å². The van der Waals surface area contributed by atoms with Gasteiger partial charge in [-0.15, -0.1) is 0 Å². The second kappa shape index (κ2) is 10.6. The van der Waals surface area contributed by atoms with Crippen molar-refractivity contribution in [3.63, 3.8) is 0 Å². The summed E-state index contributed by atoms with van der Waals surface area (Å²) in [5.74, 6) is 3.04. The van der Waals surface area contributed by atoms with Crippen molar-refractivity contribution in [2.45, 2.75) is 27.2 Å². The number of nitrogens with zero attached hydrogens (tertiary/aromatic N) is 2. The van der Waals surface area contributed by atoms with Gasteiger partial charge in [-0.1, -0.05) is 26.8 Å². The smallest absolute Gasteiger partial charge is 0.161 e. The van der Waals surface area contributed by atoms with Crippen LogP contribution in [-0.4, -0.2) is 64.3 Å². The number of likely N-dealkylation sites (N-methyl/N-ethyl adjacent to an activating group) is 2. The molecule has 0 fully saturated rings. The summed E-state index contributed by atoms with van der Waals surface area (Å²) in [5, 5.41) is 0. The zero-order chi connectivity index (χ0) is 18.1. The first-order chi connectivity index (χ1) is 11.3. The first-order valence-electron chi connectivity index (χ1n) is 8.97. The molecule has 0 N–H and O–H groups in total. The topological polar surface area (TPSA) is 24.9 Å². The van der Waals surface area contributed by atoms with Crippen LogP contribution in [0.4, 0.5) is 0 Å². The third-order valence-electron chi connectivity index (χ3n) is 4.30. The van der Waals surface area contributed by atoms with E-state index in [-0.39, 0.29) is 0 Å². The maximum Gasteiger partial charge on any atom is 0.161 e. The molecule has 1 rings (SSSR count). The molecule has 4 heteroatoms. The van der Waals surface area contributed by atoms with Crippen LogP contribution in [0.15, 0.2) is 18.2 Å². The summed E-state index contributed by atoms with van der Waals surface area (Å²) in [6, 6.07) is 6.38. The van der Waals surface area contributed by atoms with Crippen molar-refractivity contribution in [3.05, 3.63) is 23.8 Å². The van der Waals surface area contributed by atoms with Crippen LogP contribution in [0, 0.1) is 11.8 Å². The van der Waals surface area contributed by atoms with Gasteiger partial charge in [0, 0.05) is 13.1 Å². The molecule has 0 saturated carbocycles. The van der Waals surface area contributed by atoms with E-state index in [0.717, 1.165) is 31.0 Å². The second-order valence-electron chi connectivity index (χ2n) is 7.51. The van der Waals surface area contributed by atoms with Crippen molar-refractivity contribution in [3.8, 4) is 11.5 Å². The molecule has 0 unspecified atom stereocenters. The summed E-state index contributed by atoms with van der Waals surface area (Å²) in [6.07, 6.45) is 1.07. The van der Waals surface area contributed by atoms with E-state index in [9.17, 15) is 0 Å². The number of rotatable bonds is 11. The van der Waals surface area contributed by atoms with Crippen molar-refractivity contribution in [1.29, 1.82) is 0 Å². The summed E-state index contributed by atoms with van der Waals surface area (Å²) in [4.78, 5) is 4.24. The number of ether oxygens (including phenoxy) is 2. The Kier molecular flexibility index (Phi) is 9.16. The maximum absolute atomic E-state index is 6.01. The van der Waals surface area contributed by atoms with Crippen LogP contribution in [0.2, 0.25) is 0 Å². The van der Waals surface area contributed by atoms with Gasteiger partial charge in [-0.25, -0.2) is 0 Å². The molecule has 0 amide bonds. The Hall–Kier alpha value is -1.26. The van der Waals surface area contributed by atoms with Crippen LogP contribution in [0.3, 0.4) is 0 Å². The van der Waals surface area contributed by atoms with Crippen LogP contribution in [0.1, 0.15) is 26.3 Å². The third kappa shape index (κ3) is 8.02. The Balaban J connectivity index is 2.79. The van der Waals surface area contributed by atoms with E-state index in [1.165, 1.54) is 5.56 Å². The van der Waals surface area contributed by atoms with Crippen molar-refractivity contribution in [1.82, 2.24) is 9.80 Å². The van der Waals surface area contributed by atoms with Crippen molar-refractivity contribution >= 4 is 0 Å². The molecule has 1 atom stereocenters. The Morgan fingerprint density at radius 2 is 1.38 bits per heavy atom. The molecule has 0 saturated heterocycles. The highest BCUT2D eigenvalue weighted by Gasteiger charge is 2.12. The molecule has 24 heavy (non-hydrogen) atoms. The Bertz CT molecular complexity index is 473. The molecular weight excluding hydrogens is 300 g/mol. The highest BCUT2D eigenvalue weighted by Crippen LogP contribution is 2.30. The lowest BCUT2D eigenvalue weighted by atomic mass is 9.91. The molecule has 0 aliphatic heterocycles. The number of benzene rings is 1. The van der Waals surface area contributed by atoms with Gasteiger partial charge in [0.05, 0.1) is 0 Å². The fourth-order valence-corrected chi connectivity index (χ4v) is 2.20. The molecule has 138 valence electrons. The molecule has 0 aliphatic carbocycles. The summed E-state index contributed by atoms with van der Waals surface area (Å²) in [5.41, 5.74) is 1.32. The predicted molar refractivity (Wildman–Crippen MR) is 102 cm³/mol. The Morgan fingerprint density at radius 3 is 1.88 bits per heavy atom.